The first-order valence-corrected chi connectivity index (χ1v) is 10.2. The van der Waals surface area contributed by atoms with Crippen molar-refractivity contribution < 1.29 is 23.5 Å². The van der Waals surface area contributed by atoms with Gasteiger partial charge in [0.2, 0.25) is 23.4 Å². The van der Waals surface area contributed by atoms with Crippen molar-refractivity contribution in [2.24, 2.45) is 0 Å². The Kier molecular flexibility index (Phi) is 5.71. The van der Waals surface area contributed by atoms with Crippen LogP contribution in [0.25, 0.3) is 17.5 Å². The molecule has 1 saturated heterocycles. The van der Waals surface area contributed by atoms with Gasteiger partial charge in [-0.15, -0.1) is 0 Å². The predicted octanol–water partition coefficient (Wildman–Crippen LogP) is 3.46. The number of carbonyl (C=O) groups excluding carboxylic acids is 1. The monoisotopic (exact) mass is 427 g/mol. The number of ether oxygens (including phenoxy) is 3. The molecule has 0 N–H and O–H groups in total. The second-order valence-corrected chi connectivity index (χ2v) is 7.48. The number of benzene rings is 1. The van der Waals surface area contributed by atoms with E-state index < -0.39 is 0 Å². The molecule has 3 heterocycles. The summed E-state index contributed by atoms with van der Waals surface area (Å²) in [4.78, 5) is 18.7. The van der Waals surface area contributed by atoms with E-state index in [1.807, 2.05) is 16.8 Å². The molecule has 1 amide bonds. The van der Waals surface area contributed by atoms with Gasteiger partial charge in [0.05, 0.1) is 27.2 Å². The van der Waals surface area contributed by atoms with Crippen molar-refractivity contribution in [2.75, 3.05) is 34.4 Å². The van der Waals surface area contributed by atoms with E-state index in [4.69, 9.17) is 18.7 Å². The average molecular weight is 427 g/mol. The van der Waals surface area contributed by atoms with Gasteiger partial charge in [-0.05, 0) is 35.2 Å². The van der Waals surface area contributed by atoms with E-state index in [0.717, 1.165) is 11.1 Å². The van der Waals surface area contributed by atoms with E-state index in [0.29, 0.717) is 42.1 Å². The largest absolute Gasteiger partial charge is 0.493 e. The maximum atomic E-state index is 12.5. The summed E-state index contributed by atoms with van der Waals surface area (Å²) < 4.78 is 21.4. The molecular formula is C21H21N3O5S. The number of rotatable bonds is 7. The Morgan fingerprint density at radius 3 is 2.53 bits per heavy atom. The topological polar surface area (TPSA) is 86.9 Å². The number of hydrogen-bond donors (Lipinski definition) is 0. The fourth-order valence-electron chi connectivity index (χ4n) is 3.20. The van der Waals surface area contributed by atoms with E-state index in [2.05, 4.69) is 10.1 Å². The summed E-state index contributed by atoms with van der Waals surface area (Å²) in [7, 11) is 4.65. The zero-order chi connectivity index (χ0) is 21.1. The average Bonchev–Trinajstić information content (AvgIpc) is 3.42. The van der Waals surface area contributed by atoms with Gasteiger partial charge in [-0.1, -0.05) is 5.16 Å². The smallest absolute Gasteiger partial charge is 0.246 e. The molecule has 8 nitrogen and oxygen atoms in total. The van der Waals surface area contributed by atoms with Crippen LogP contribution in [-0.2, 0) is 4.79 Å². The third-order valence-electron chi connectivity index (χ3n) is 4.87. The Labute approximate surface area is 177 Å². The predicted molar refractivity (Wildman–Crippen MR) is 112 cm³/mol. The van der Waals surface area contributed by atoms with Crippen molar-refractivity contribution in [2.45, 2.75) is 5.92 Å². The van der Waals surface area contributed by atoms with Crippen molar-refractivity contribution in [1.29, 1.82) is 0 Å². The minimum atomic E-state index is -0.0856. The van der Waals surface area contributed by atoms with E-state index in [1.165, 1.54) is 6.08 Å². The first-order chi connectivity index (χ1) is 14.6. The van der Waals surface area contributed by atoms with Crippen molar-refractivity contribution in [3.63, 3.8) is 0 Å². The van der Waals surface area contributed by atoms with Crippen LogP contribution < -0.4 is 14.2 Å². The van der Waals surface area contributed by atoms with Gasteiger partial charge in [-0.3, -0.25) is 4.79 Å². The summed E-state index contributed by atoms with van der Waals surface area (Å²) in [5, 5.41) is 7.96. The molecule has 0 unspecified atom stereocenters. The SMILES string of the molecule is COc1cc(/C=C/C(=O)N2CC(c3nc(-c4ccsc4)no3)C2)cc(OC)c1OC. The lowest BCUT2D eigenvalue weighted by Gasteiger charge is -2.36. The first-order valence-electron chi connectivity index (χ1n) is 9.26. The number of aromatic nitrogens is 2. The Bertz CT molecular complexity index is 1030. The number of nitrogens with zero attached hydrogens (tertiary/aromatic N) is 3. The minimum Gasteiger partial charge on any atom is -0.493 e. The number of likely N-dealkylation sites (tertiary alicyclic amines) is 1. The molecule has 0 spiro atoms. The van der Waals surface area contributed by atoms with Gasteiger partial charge >= 0.3 is 0 Å². The molecule has 0 aliphatic carbocycles. The summed E-state index contributed by atoms with van der Waals surface area (Å²) in [6.45, 7) is 1.09. The van der Waals surface area contributed by atoms with Crippen LogP contribution in [0.4, 0.5) is 0 Å². The van der Waals surface area contributed by atoms with Gasteiger partial charge in [0.25, 0.3) is 0 Å². The van der Waals surface area contributed by atoms with Gasteiger partial charge in [-0.2, -0.15) is 16.3 Å². The molecule has 2 aromatic heterocycles. The highest BCUT2D eigenvalue weighted by Crippen LogP contribution is 2.38. The quantitative estimate of drug-likeness (QED) is 0.534. The van der Waals surface area contributed by atoms with Crippen LogP contribution in [0.1, 0.15) is 17.4 Å². The summed E-state index contributed by atoms with van der Waals surface area (Å²) >= 11 is 1.58. The van der Waals surface area contributed by atoms with Crippen LogP contribution in [0.15, 0.2) is 39.6 Å². The number of methoxy groups -OCH3 is 3. The Morgan fingerprint density at radius 2 is 1.93 bits per heavy atom. The number of carbonyl (C=O) groups is 1. The highest BCUT2D eigenvalue weighted by atomic mass is 32.1. The number of amides is 1. The third kappa shape index (κ3) is 3.88. The lowest BCUT2D eigenvalue weighted by molar-refractivity contribution is -0.130. The molecule has 0 bridgehead atoms. The van der Waals surface area contributed by atoms with Gasteiger partial charge in [0, 0.05) is 30.1 Å². The lowest BCUT2D eigenvalue weighted by Crippen LogP contribution is -2.47. The Balaban J connectivity index is 1.38. The number of hydrogen-bond acceptors (Lipinski definition) is 8. The zero-order valence-electron chi connectivity index (χ0n) is 16.8. The molecule has 0 saturated carbocycles. The molecule has 1 aromatic carbocycles. The van der Waals surface area contributed by atoms with E-state index in [-0.39, 0.29) is 11.8 Å². The van der Waals surface area contributed by atoms with Crippen LogP contribution in [0, 0.1) is 0 Å². The normalized spacial score (nSPS) is 14.0. The molecule has 9 heteroatoms. The summed E-state index contributed by atoms with van der Waals surface area (Å²) in [5.41, 5.74) is 1.71. The lowest BCUT2D eigenvalue weighted by atomic mass is 10.00. The van der Waals surface area contributed by atoms with Crippen LogP contribution in [0.3, 0.4) is 0 Å². The molecule has 1 aliphatic rings. The molecule has 0 atom stereocenters. The van der Waals surface area contributed by atoms with Crippen molar-refractivity contribution >= 4 is 23.3 Å². The standard InChI is InChI=1S/C21H21N3O5S/c1-26-16-8-13(9-17(27-2)19(16)28-3)4-5-18(25)24-10-15(11-24)21-22-20(23-29-21)14-6-7-30-12-14/h4-9,12,15H,10-11H2,1-3H3/b5-4+. The summed E-state index contributed by atoms with van der Waals surface area (Å²) in [6, 6.07) is 5.52. The first kappa shape index (κ1) is 20.0. The van der Waals surface area contributed by atoms with E-state index in [9.17, 15) is 4.79 Å². The summed E-state index contributed by atoms with van der Waals surface area (Å²) in [5.74, 6) is 2.69. The van der Waals surface area contributed by atoms with Crippen LogP contribution in [0.2, 0.25) is 0 Å². The Hall–Kier alpha value is -3.33. The zero-order valence-corrected chi connectivity index (χ0v) is 17.6. The highest BCUT2D eigenvalue weighted by Gasteiger charge is 2.34. The van der Waals surface area contributed by atoms with Gasteiger partial charge in [0.15, 0.2) is 11.5 Å². The highest BCUT2D eigenvalue weighted by molar-refractivity contribution is 7.08. The summed E-state index contributed by atoms with van der Waals surface area (Å²) in [6.07, 6.45) is 3.25. The molecular weight excluding hydrogens is 406 g/mol. The molecule has 30 heavy (non-hydrogen) atoms. The van der Waals surface area contributed by atoms with Gasteiger partial charge in [-0.25, -0.2) is 0 Å². The fourth-order valence-corrected chi connectivity index (χ4v) is 3.83. The second-order valence-electron chi connectivity index (χ2n) is 6.70. The van der Waals surface area contributed by atoms with Crippen LogP contribution in [-0.4, -0.2) is 55.4 Å². The third-order valence-corrected chi connectivity index (χ3v) is 5.55. The van der Waals surface area contributed by atoms with Gasteiger partial charge in [0.1, 0.15) is 0 Å². The maximum absolute atomic E-state index is 12.5. The van der Waals surface area contributed by atoms with Crippen molar-refractivity contribution in [1.82, 2.24) is 15.0 Å². The molecule has 0 radical (unpaired) electrons. The number of thiophene rings is 1. The van der Waals surface area contributed by atoms with E-state index in [1.54, 1.807) is 55.8 Å². The van der Waals surface area contributed by atoms with Crippen LogP contribution in [0.5, 0.6) is 17.2 Å². The van der Waals surface area contributed by atoms with Crippen molar-refractivity contribution in [3.8, 4) is 28.6 Å². The molecule has 1 fully saturated rings. The molecule has 4 rings (SSSR count). The van der Waals surface area contributed by atoms with E-state index >= 15 is 0 Å². The van der Waals surface area contributed by atoms with Crippen LogP contribution >= 0.6 is 11.3 Å². The minimum absolute atomic E-state index is 0.0587. The molecule has 3 aromatic rings. The molecule has 156 valence electrons. The fraction of sp³-hybridized carbons (Fsp3) is 0.286. The van der Waals surface area contributed by atoms with Gasteiger partial charge < -0.3 is 23.6 Å². The molecule has 1 aliphatic heterocycles. The Morgan fingerprint density at radius 1 is 1.20 bits per heavy atom. The van der Waals surface area contributed by atoms with Crippen molar-refractivity contribution in [3.05, 3.63) is 46.5 Å². The maximum Gasteiger partial charge on any atom is 0.246 e. The second kappa shape index (κ2) is 8.58.